The third-order valence-electron chi connectivity index (χ3n) is 16.6. The van der Waals surface area contributed by atoms with Crippen LogP contribution >= 0.6 is 0 Å². The molecule has 4 nitrogen and oxygen atoms in total. The van der Waals surface area contributed by atoms with Crippen molar-refractivity contribution >= 4 is 99.0 Å². The van der Waals surface area contributed by atoms with Gasteiger partial charge < -0.3 is 18.6 Å². The quantitative estimate of drug-likeness (QED) is 0.127. The van der Waals surface area contributed by atoms with Gasteiger partial charge in [0.1, 0.15) is 23.0 Å². The second-order valence-electron chi connectivity index (χ2n) is 20.6. The van der Waals surface area contributed by atoms with E-state index in [2.05, 4.69) is 270 Å². The van der Waals surface area contributed by atoms with E-state index in [1.165, 1.54) is 65.3 Å². The molecule has 4 heterocycles. The highest BCUT2D eigenvalue weighted by molar-refractivity contribution is 6.98. The molecule has 0 saturated heterocycles. The lowest BCUT2D eigenvalue weighted by Crippen LogP contribution is -2.57. The van der Waals surface area contributed by atoms with Crippen LogP contribution in [-0.4, -0.2) is 15.8 Å². The summed E-state index contributed by atoms with van der Waals surface area (Å²) in [7, 11) is 0. The van der Waals surface area contributed by atoms with Crippen molar-refractivity contribution in [1.29, 1.82) is 0 Å². The topological polar surface area (TPSA) is 28.3 Å². The van der Waals surface area contributed by atoms with Crippen molar-refractivity contribution in [3.05, 3.63) is 261 Å². The molecule has 0 amide bonds. The number of ether oxygens (including phenoxy) is 2. The van der Waals surface area contributed by atoms with E-state index in [0.717, 1.165) is 94.7 Å². The molecule has 2 aliphatic heterocycles. The van der Waals surface area contributed by atoms with E-state index in [4.69, 9.17) is 9.47 Å². The van der Waals surface area contributed by atoms with Crippen molar-refractivity contribution in [2.24, 2.45) is 0 Å². The molecule has 77 heavy (non-hydrogen) atoms. The van der Waals surface area contributed by atoms with Gasteiger partial charge in [-0.1, -0.05) is 200 Å². The van der Waals surface area contributed by atoms with Gasteiger partial charge in [0, 0.05) is 50.5 Å². The summed E-state index contributed by atoms with van der Waals surface area (Å²) in [6, 6.07) is 95.0. The first kappa shape index (κ1) is 42.3. The molecule has 0 bridgehead atoms. The number of fused-ring (bicyclic) bond motifs is 13. The van der Waals surface area contributed by atoms with Crippen molar-refractivity contribution in [1.82, 2.24) is 9.13 Å². The van der Waals surface area contributed by atoms with Gasteiger partial charge in [-0.2, -0.15) is 0 Å². The van der Waals surface area contributed by atoms with Gasteiger partial charge in [0.25, 0.3) is 6.71 Å². The predicted molar refractivity (Wildman–Crippen MR) is 322 cm³/mol. The van der Waals surface area contributed by atoms with Crippen LogP contribution in [0.5, 0.6) is 23.0 Å². The molecule has 13 aromatic carbocycles. The van der Waals surface area contributed by atoms with Gasteiger partial charge in [0.2, 0.25) is 0 Å². The Morgan fingerprint density at radius 3 is 1.08 bits per heavy atom. The van der Waals surface area contributed by atoms with E-state index in [0.29, 0.717) is 0 Å². The first-order chi connectivity index (χ1) is 38.2. The molecule has 0 unspecified atom stereocenters. The minimum absolute atomic E-state index is 0.149. The molecule has 0 atom stereocenters. The zero-order valence-corrected chi connectivity index (χ0v) is 41.6. The number of rotatable bonds is 5. The first-order valence-electron chi connectivity index (χ1n) is 26.5. The molecular weight excluding hydrogens is 936 g/mol. The summed E-state index contributed by atoms with van der Waals surface area (Å²) in [4.78, 5) is 0. The number of nitrogens with zero attached hydrogens (tertiary/aromatic N) is 2. The number of aromatic nitrogens is 2. The normalized spacial score (nSPS) is 12.6. The van der Waals surface area contributed by atoms with Crippen molar-refractivity contribution < 1.29 is 9.47 Å². The van der Waals surface area contributed by atoms with Crippen LogP contribution in [0.15, 0.2) is 261 Å². The van der Waals surface area contributed by atoms with Crippen LogP contribution in [-0.2, 0) is 0 Å². The summed E-state index contributed by atoms with van der Waals surface area (Å²) in [6.07, 6.45) is 0. The van der Waals surface area contributed by atoms with Crippen molar-refractivity contribution in [2.75, 3.05) is 0 Å². The van der Waals surface area contributed by atoms with E-state index in [-0.39, 0.29) is 6.71 Å². The van der Waals surface area contributed by atoms with Crippen molar-refractivity contribution in [3.8, 4) is 67.8 Å². The molecule has 0 radical (unpaired) electrons. The fraction of sp³-hybridized carbons (Fsp3) is 0. The standard InChI is InChI=1S/C72H43BN2O2/c1-2-18-44(19-3-1)48-36-37-59(50-21-5-4-20-49(48)50)71-57-28-8-6-26-55(57)70(56-27-7-9-29-58(56)71)45-40-68-72-69(41-45)77-67-43-47(75-64-32-16-12-24-53(64)54-25-13-17-33-65(54)75)35-39-61(67)73(72)60-38-34-46(42-66(60)76-68)74-62-30-14-10-22-51(62)52-23-11-15-31-63(52)74/h1-43H. The maximum atomic E-state index is 7.36. The van der Waals surface area contributed by atoms with Crippen LogP contribution in [0.2, 0.25) is 0 Å². The maximum absolute atomic E-state index is 7.36. The second-order valence-corrected chi connectivity index (χ2v) is 20.6. The maximum Gasteiger partial charge on any atom is 0.260 e. The van der Waals surface area contributed by atoms with E-state index >= 15 is 0 Å². The van der Waals surface area contributed by atoms with E-state index in [1.807, 2.05) is 0 Å². The molecule has 15 aromatic rings. The lowest BCUT2D eigenvalue weighted by atomic mass is 9.35. The van der Waals surface area contributed by atoms with E-state index < -0.39 is 0 Å². The van der Waals surface area contributed by atoms with Crippen LogP contribution in [0.3, 0.4) is 0 Å². The Hall–Kier alpha value is -10.1. The fourth-order valence-corrected chi connectivity index (χ4v) is 13.4. The van der Waals surface area contributed by atoms with Crippen LogP contribution < -0.4 is 25.9 Å². The highest BCUT2D eigenvalue weighted by atomic mass is 16.5. The van der Waals surface area contributed by atoms with Gasteiger partial charge in [-0.25, -0.2) is 0 Å². The minimum atomic E-state index is -0.149. The van der Waals surface area contributed by atoms with Crippen molar-refractivity contribution in [2.45, 2.75) is 0 Å². The molecular formula is C72H43BN2O2. The summed E-state index contributed by atoms with van der Waals surface area (Å²) >= 11 is 0. The average Bonchev–Trinajstić information content (AvgIpc) is 4.09. The Kier molecular flexibility index (Phi) is 8.90. The van der Waals surface area contributed by atoms with E-state index in [9.17, 15) is 0 Å². The van der Waals surface area contributed by atoms with Gasteiger partial charge in [-0.3, -0.25) is 0 Å². The predicted octanol–water partition coefficient (Wildman–Crippen LogP) is 17.1. The second kappa shape index (κ2) is 16.2. The minimum Gasteiger partial charge on any atom is -0.458 e. The average molecular weight is 979 g/mol. The Morgan fingerprint density at radius 2 is 0.623 bits per heavy atom. The molecule has 0 aliphatic carbocycles. The summed E-state index contributed by atoms with van der Waals surface area (Å²) < 4.78 is 19.5. The third kappa shape index (κ3) is 6.11. The van der Waals surface area contributed by atoms with Crippen LogP contribution in [0.1, 0.15) is 0 Å². The highest BCUT2D eigenvalue weighted by Crippen LogP contribution is 2.49. The van der Waals surface area contributed by atoms with Gasteiger partial charge in [-0.05, 0) is 125 Å². The SMILES string of the molecule is c1ccc(-c2ccc(-c3c4ccccc4c(-c4cc5c6c(c4)Oc4cc(-n7c8ccccc8c8ccccc87)ccc4B6c4ccc(-n6c7ccccc7c7ccccc76)cc4O5)c4ccccc34)c3ccccc23)cc1. The van der Waals surface area contributed by atoms with Gasteiger partial charge in [0.15, 0.2) is 0 Å². The van der Waals surface area contributed by atoms with Crippen LogP contribution in [0.4, 0.5) is 0 Å². The monoisotopic (exact) mass is 978 g/mol. The summed E-state index contributed by atoms with van der Waals surface area (Å²) in [6.45, 7) is -0.149. The highest BCUT2D eigenvalue weighted by Gasteiger charge is 2.41. The Balaban J connectivity index is 0.900. The molecule has 2 aromatic heterocycles. The number of benzene rings is 13. The lowest BCUT2D eigenvalue weighted by molar-refractivity contribution is 0.465. The van der Waals surface area contributed by atoms with Gasteiger partial charge >= 0.3 is 0 Å². The number of hydrogen-bond acceptors (Lipinski definition) is 2. The molecule has 0 saturated carbocycles. The van der Waals surface area contributed by atoms with Crippen LogP contribution in [0, 0.1) is 0 Å². The Labute approximate surface area is 443 Å². The molecule has 5 heteroatoms. The zero-order valence-electron chi connectivity index (χ0n) is 41.6. The third-order valence-corrected chi connectivity index (χ3v) is 16.6. The summed E-state index contributed by atoms with van der Waals surface area (Å²) in [5.74, 6) is 3.26. The Bertz CT molecular complexity index is 4660. The number of para-hydroxylation sites is 4. The molecule has 0 spiro atoms. The van der Waals surface area contributed by atoms with Gasteiger partial charge in [0.05, 0.1) is 22.1 Å². The van der Waals surface area contributed by atoms with Crippen molar-refractivity contribution in [3.63, 3.8) is 0 Å². The molecule has 0 N–H and O–H groups in total. The largest absolute Gasteiger partial charge is 0.458 e. The van der Waals surface area contributed by atoms with E-state index in [1.54, 1.807) is 0 Å². The summed E-state index contributed by atoms with van der Waals surface area (Å²) in [5.41, 5.74) is 17.0. The molecule has 0 fully saturated rings. The number of hydrogen-bond donors (Lipinski definition) is 0. The zero-order chi connectivity index (χ0) is 50.3. The Morgan fingerprint density at radius 1 is 0.260 bits per heavy atom. The summed E-state index contributed by atoms with van der Waals surface area (Å²) in [5, 5.41) is 12.0. The molecule has 356 valence electrons. The smallest absolute Gasteiger partial charge is 0.260 e. The first-order valence-corrected chi connectivity index (χ1v) is 26.5. The van der Waals surface area contributed by atoms with Crippen LogP contribution in [0.25, 0.3) is 121 Å². The lowest BCUT2D eigenvalue weighted by Gasteiger charge is -2.34. The molecule has 2 aliphatic rings. The van der Waals surface area contributed by atoms with Gasteiger partial charge in [-0.15, -0.1) is 0 Å². The molecule has 17 rings (SSSR count). The fourth-order valence-electron chi connectivity index (χ4n) is 13.4.